The van der Waals surface area contributed by atoms with Crippen molar-refractivity contribution in [1.82, 2.24) is 0 Å². The van der Waals surface area contributed by atoms with Crippen molar-refractivity contribution >= 4 is 11.7 Å². The molecular formula is C24H38FNO3. The molecule has 0 saturated heterocycles. The van der Waals surface area contributed by atoms with Gasteiger partial charge >= 0.3 is 5.97 Å². The normalized spacial score (nSPS) is 19.0. The van der Waals surface area contributed by atoms with Gasteiger partial charge in [-0.25, -0.2) is 4.39 Å². The lowest BCUT2D eigenvalue weighted by Gasteiger charge is -2.30. The molecule has 1 heterocycles. The summed E-state index contributed by atoms with van der Waals surface area (Å²) in [6.07, 6.45) is 15.1. The van der Waals surface area contributed by atoms with E-state index >= 15 is 0 Å². The van der Waals surface area contributed by atoms with E-state index in [2.05, 4.69) is 12.2 Å². The summed E-state index contributed by atoms with van der Waals surface area (Å²) in [5, 5.41) is 23.7. The summed E-state index contributed by atoms with van der Waals surface area (Å²) in [4.78, 5) is 11.8. The smallest absolute Gasteiger partial charge is 0.309 e. The summed E-state index contributed by atoms with van der Waals surface area (Å²) in [6, 6.07) is 4.10. The van der Waals surface area contributed by atoms with Crippen LogP contribution >= 0.6 is 0 Å². The predicted octanol–water partition coefficient (Wildman–Crippen LogP) is 6.23. The summed E-state index contributed by atoms with van der Waals surface area (Å²) in [7, 11) is 0. The largest absolute Gasteiger partial charge is 0.481 e. The van der Waals surface area contributed by atoms with Crippen LogP contribution < -0.4 is 5.32 Å². The van der Waals surface area contributed by atoms with Crippen molar-refractivity contribution in [3.63, 3.8) is 0 Å². The van der Waals surface area contributed by atoms with Crippen molar-refractivity contribution in [1.29, 1.82) is 0 Å². The minimum absolute atomic E-state index is 0.112. The fraction of sp³-hybridized carbons (Fsp3) is 0.708. The third-order valence-electron chi connectivity index (χ3n) is 6.22. The van der Waals surface area contributed by atoms with Gasteiger partial charge in [0.15, 0.2) is 0 Å². The second-order valence-corrected chi connectivity index (χ2v) is 8.54. The van der Waals surface area contributed by atoms with Gasteiger partial charge in [-0.15, -0.1) is 0 Å². The van der Waals surface area contributed by atoms with E-state index in [1.54, 1.807) is 0 Å². The SMILES string of the molecule is CCCCCCCCCCCCCCC(C(=O)O)C1(O)CNc2cc(F)ccc21. The van der Waals surface area contributed by atoms with Gasteiger partial charge in [0.05, 0.1) is 5.92 Å². The maximum Gasteiger partial charge on any atom is 0.309 e. The number of anilines is 1. The van der Waals surface area contributed by atoms with Gasteiger partial charge in [-0.3, -0.25) is 4.79 Å². The van der Waals surface area contributed by atoms with Crippen LogP contribution in [0.3, 0.4) is 0 Å². The van der Waals surface area contributed by atoms with Crippen molar-refractivity contribution < 1.29 is 19.4 Å². The van der Waals surface area contributed by atoms with Crippen LogP contribution in [-0.4, -0.2) is 22.7 Å². The molecule has 0 fully saturated rings. The molecule has 0 bridgehead atoms. The zero-order chi connectivity index (χ0) is 21.1. The molecule has 5 heteroatoms. The maximum absolute atomic E-state index is 13.4. The molecule has 4 nitrogen and oxygen atoms in total. The number of hydrogen-bond acceptors (Lipinski definition) is 3. The second kappa shape index (κ2) is 12.2. The quantitative estimate of drug-likeness (QED) is 0.301. The average molecular weight is 408 g/mol. The number of benzene rings is 1. The molecule has 0 spiro atoms. The van der Waals surface area contributed by atoms with Gasteiger partial charge in [0.1, 0.15) is 11.4 Å². The Bertz CT molecular complexity index is 637. The first-order chi connectivity index (χ1) is 14.0. The van der Waals surface area contributed by atoms with Crippen molar-refractivity contribution in [3.05, 3.63) is 29.6 Å². The second-order valence-electron chi connectivity index (χ2n) is 8.54. The molecule has 164 valence electrons. The number of aliphatic hydroxyl groups is 1. The van der Waals surface area contributed by atoms with Crippen molar-refractivity contribution in [2.45, 2.75) is 96.0 Å². The summed E-state index contributed by atoms with van der Waals surface area (Å²) in [6.45, 7) is 2.35. The molecule has 0 saturated carbocycles. The fourth-order valence-corrected chi connectivity index (χ4v) is 4.43. The molecule has 0 aromatic heterocycles. The minimum Gasteiger partial charge on any atom is -0.481 e. The van der Waals surface area contributed by atoms with Crippen molar-refractivity contribution in [3.8, 4) is 0 Å². The number of hydrogen-bond donors (Lipinski definition) is 3. The number of carbonyl (C=O) groups is 1. The standard InChI is InChI=1S/C24H38FNO3/c1-2-3-4-5-6-7-8-9-10-11-12-13-14-21(23(27)28)24(29)18-26-22-17-19(25)15-16-20(22)24/h15-17,21,26,29H,2-14,18H2,1H3,(H,27,28). The first-order valence-corrected chi connectivity index (χ1v) is 11.5. The van der Waals surface area contributed by atoms with E-state index in [1.165, 1.54) is 76.0 Å². The first kappa shape index (κ1) is 23.7. The molecule has 0 aliphatic carbocycles. The lowest BCUT2D eigenvalue weighted by Crippen LogP contribution is -2.41. The number of aliphatic carboxylic acids is 1. The van der Waals surface area contributed by atoms with Crippen LogP contribution in [0.25, 0.3) is 0 Å². The van der Waals surface area contributed by atoms with Crippen molar-refractivity contribution in [2.24, 2.45) is 5.92 Å². The Labute approximate surface area is 174 Å². The highest BCUT2D eigenvalue weighted by Gasteiger charge is 2.47. The number of fused-ring (bicyclic) bond motifs is 1. The van der Waals surface area contributed by atoms with Gasteiger partial charge in [-0.05, 0) is 18.6 Å². The molecule has 2 atom stereocenters. The lowest BCUT2D eigenvalue weighted by molar-refractivity contribution is -0.152. The summed E-state index contributed by atoms with van der Waals surface area (Å²) < 4.78 is 13.4. The third kappa shape index (κ3) is 6.98. The molecule has 2 rings (SSSR count). The van der Waals surface area contributed by atoms with E-state index < -0.39 is 23.3 Å². The van der Waals surface area contributed by atoms with Gasteiger partial charge in [-0.1, -0.05) is 90.0 Å². The summed E-state index contributed by atoms with van der Waals surface area (Å²) in [5.74, 6) is -2.27. The maximum atomic E-state index is 13.4. The molecular weight excluding hydrogens is 369 g/mol. The van der Waals surface area contributed by atoms with Crippen LogP contribution in [0, 0.1) is 11.7 Å². The Morgan fingerprint density at radius 2 is 1.59 bits per heavy atom. The first-order valence-electron chi connectivity index (χ1n) is 11.5. The summed E-state index contributed by atoms with van der Waals surface area (Å²) >= 11 is 0. The third-order valence-corrected chi connectivity index (χ3v) is 6.22. The molecule has 1 aliphatic heterocycles. The van der Waals surface area contributed by atoms with E-state index in [4.69, 9.17) is 0 Å². The topological polar surface area (TPSA) is 69.6 Å². The van der Waals surface area contributed by atoms with E-state index in [0.29, 0.717) is 17.7 Å². The molecule has 1 aromatic rings. The Morgan fingerprint density at radius 3 is 2.14 bits per heavy atom. The number of carboxylic acid groups (broad SMARTS) is 1. The fourth-order valence-electron chi connectivity index (χ4n) is 4.43. The van der Waals surface area contributed by atoms with Crippen LogP contribution in [0.1, 0.15) is 96.0 Å². The molecule has 1 aliphatic rings. The molecule has 29 heavy (non-hydrogen) atoms. The number of unbranched alkanes of at least 4 members (excludes halogenated alkanes) is 11. The summed E-state index contributed by atoms with van der Waals surface area (Å²) in [5.41, 5.74) is -0.495. The van der Waals surface area contributed by atoms with E-state index in [0.717, 1.165) is 19.3 Å². The lowest BCUT2D eigenvalue weighted by atomic mass is 9.79. The molecule has 3 N–H and O–H groups in total. The van der Waals surface area contributed by atoms with Gasteiger partial charge in [0, 0.05) is 17.8 Å². The Kier molecular flexibility index (Phi) is 9.92. The zero-order valence-corrected chi connectivity index (χ0v) is 17.9. The monoisotopic (exact) mass is 407 g/mol. The average Bonchev–Trinajstić information content (AvgIpc) is 3.01. The number of nitrogens with one attached hydrogen (secondary N) is 1. The molecule has 0 amide bonds. The van der Waals surface area contributed by atoms with Crippen LogP contribution in [-0.2, 0) is 10.4 Å². The highest BCUT2D eigenvalue weighted by atomic mass is 19.1. The van der Waals surface area contributed by atoms with Gasteiger partial charge in [0.25, 0.3) is 0 Å². The number of halogens is 1. The predicted molar refractivity (Wildman–Crippen MR) is 116 cm³/mol. The highest BCUT2D eigenvalue weighted by Crippen LogP contribution is 2.42. The van der Waals surface area contributed by atoms with Crippen LogP contribution in [0.2, 0.25) is 0 Å². The molecule has 2 unspecified atom stereocenters. The number of β-amino-alcohol motifs (C(OH)–C–C–N with tert-alkyl or cyclic N) is 1. The van der Waals surface area contributed by atoms with Gasteiger partial charge in [-0.2, -0.15) is 0 Å². The van der Waals surface area contributed by atoms with Crippen molar-refractivity contribution in [2.75, 3.05) is 11.9 Å². The van der Waals surface area contributed by atoms with Crippen LogP contribution in [0.5, 0.6) is 0 Å². The Balaban J connectivity index is 1.66. The van der Waals surface area contributed by atoms with Crippen LogP contribution in [0.15, 0.2) is 18.2 Å². The Hall–Kier alpha value is -1.62. The van der Waals surface area contributed by atoms with Gasteiger partial charge < -0.3 is 15.5 Å². The minimum atomic E-state index is -1.48. The van der Waals surface area contributed by atoms with E-state index in [1.807, 2.05) is 0 Å². The van der Waals surface area contributed by atoms with Gasteiger partial charge in [0.2, 0.25) is 0 Å². The molecule has 1 aromatic carbocycles. The molecule has 0 radical (unpaired) electrons. The zero-order valence-electron chi connectivity index (χ0n) is 17.9. The van der Waals surface area contributed by atoms with E-state index in [-0.39, 0.29) is 6.54 Å². The highest BCUT2D eigenvalue weighted by molar-refractivity contribution is 5.74. The Morgan fingerprint density at radius 1 is 1.03 bits per heavy atom. The number of carboxylic acids is 1. The number of rotatable bonds is 15. The van der Waals surface area contributed by atoms with Crippen LogP contribution in [0.4, 0.5) is 10.1 Å². The van der Waals surface area contributed by atoms with E-state index in [9.17, 15) is 19.4 Å².